The molecule has 1 fully saturated rings. The fourth-order valence-electron chi connectivity index (χ4n) is 4.34. The second-order valence-electron chi connectivity index (χ2n) is 9.12. The Balaban J connectivity index is 1.51. The Morgan fingerprint density at radius 1 is 1.21 bits per heavy atom. The first-order valence-corrected chi connectivity index (χ1v) is 11.3. The number of pyridine rings is 1. The summed E-state index contributed by atoms with van der Waals surface area (Å²) in [7, 11) is 4.12. The summed E-state index contributed by atoms with van der Waals surface area (Å²) in [5, 5.41) is 10.1. The number of aromatic amines is 1. The maximum Gasteiger partial charge on any atom is 0.314 e. The number of likely N-dealkylation sites (N-methyl/N-ethyl adjacent to an activating group) is 1. The molecule has 1 saturated heterocycles. The number of anilines is 2. The van der Waals surface area contributed by atoms with Gasteiger partial charge in [-0.2, -0.15) is 5.10 Å². The molecule has 0 spiro atoms. The number of likely N-dealkylation sites (tertiary alicyclic amines) is 1. The number of amides is 2. The van der Waals surface area contributed by atoms with Crippen LogP contribution in [0.1, 0.15) is 36.9 Å². The molecule has 3 heterocycles. The minimum atomic E-state index is -0.695. The highest BCUT2D eigenvalue weighted by Gasteiger charge is 2.34. The van der Waals surface area contributed by atoms with Crippen molar-refractivity contribution in [3.63, 3.8) is 0 Å². The lowest BCUT2D eigenvalue weighted by Gasteiger charge is -2.38. The standard InChI is InChI=1S/C24H31N7O2/c1-15-4-9-20(17-7-5-16(6-8-17)10-11-30(2)3)31(14-15)24(33)23(32)28-19-13-26-22(25)18-12-27-29-21(18)19/h5-8,12-13,15,20H,4,9-11,14H2,1-3H3,(H2,25,26)(H,27,29)(H,28,32). The van der Waals surface area contributed by atoms with Crippen LogP contribution in [-0.4, -0.2) is 64.0 Å². The second kappa shape index (κ2) is 9.58. The topological polar surface area (TPSA) is 120 Å². The Bertz CT molecular complexity index is 1140. The number of carbonyl (C=O) groups excluding carboxylic acids is 2. The lowest BCUT2D eigenvalue weighted by molar-refractivity contribution is -0.146. The average Bonchev–Trinajstić information content (AvgIpc) is 3.30. The van der Waals surface area contributed by atoms with Crippen LogP contribution in [-0.2, 0) is 16.0 Å². The molecule has 0 radical (unpaired) electrons. The number of rotatable bonds is 5. The van der Waals surface area contributed by atoms with Crippen LogP contribution in [0.2, 0.25) is 0 Å². The van der Waals surface area contributed by atoms with Crippen molar-refractivity contribution in [3.05, 3.63) is 47.8 Å². The van der Waals surface area contributed by atoms with Crippen LogP contribution in [0, 0.1) is 5.92 Å². The van der Waals surface area contributed by atoms with E-state index in [1.807, 2.05) is 0 Å². The Morgan fingerprint density at radius 2 is 1.97 bits per heavy atom. The van der Waals surface area contributed by atoms with Gasteiger partial charge in [0, 0.05) is 13.1 Å². The number of hydrogen-bond donors (Lipinski definition) is 3. The van der Waals surface area contributed by atoms with E-state index in [0.29, 0.717) is 34.9 Å². The van der Waals surface area contributed by atoms with E-state index >= 15 is 0 Å². The largest absolute Gasteiger partial charge is 0.383 e. The molecule has 0 aliphatic carbocycles. The summed E-state index contributed by atoms with van der Waals surface area (Å²) in [6.07, 6.45) is 5.78. The molecule has 2 amide bonds. The van der Waals surface area contributed by atoms with Gasteiger partial charge in [-0.25, -0.2) is 4.98 Å². The van der Waals surface area contributed by atoms with E-state index < -0.39 is 11.8 Å². The van der Waals surface area contributed by atoms with E-state index in [-0.39, 0.29) is 6.04 Å². The molecule has 4 rings (SSSR count). The van der Waals surface area contributed by atoms with Gasteiger partial charge in [-0.3, -0.25) is 14.7 Å². The summed E-state index contributed by atoms with van der Waals surface area (Å²) in [6, 6.07) is 8.28. The van der Waals surface area contributed by atoms with Crippen molar-refractivity contribution in [2.24, 2.45) is 5.92 Å². The van der Waals surface area contributed by atoms with E-state index in [1.165, 1.54) is 11.8 Å². The monoisotopic (exact) mass is 449 g/mol. The van der Waals surface area contributed by atoms with E-state index in [4.69, 9.17) is 5.73 Å². The number of nitrogen functional groups attached to an aromatic ring is 1. The Kier molecular flexibility index (Phi) is 6.60. The quantitative estimate of drug-likeness (QED) is 0.515. The molecule has 0 saturated carbocycles. The Labute approximate surface area is 193 Å². The van der Waals surface area contributed by atoms with Crippen molar-refractivity contribution in [1.82, 2.24) is 25.0 Å². The van der Waals surface area contributed by atoms with Crippen molar-refractivity contribution in [2.75, 3.05) is 38.2 Å². The molecular formula is C24H31N7O2. The van der Waals surface area contributed by atoms with E-state index in [1.54, 1.807) is 11.1 Å². The van der Waals surface area contributed by atoms with Crippen LogP contribution in [0.25, 0.3) is 10.9 Å². The first-order valence-electron chi connectivity index (χ1n) is 11.3. The van der Waals surface area contributed by atoms with Gasteiger partial charge in [-0.05, 0) is 50.4 Å². The second-order valence-corrected chi connectivity index (χ2v) is 9.12. The number of nitrogens with one attached hydrogen (secondary N) is 2. The van der Waals surface area contributed by atoms with Crippen LogP contribution < -0.4 is 11.1 Å². The number of hydrogen-bond acceptors (Lipinski definition) is 6. The normalized spacial score (nSPS) is 18.6. The summed E-state index contributed by atoms with van der Waals surface area (Å²) >= 11 is 0. The maximum absolute atomic E-state index is 13.3. The zero-order valence-corrected chi connectivity index (χ0v) is 19.3. The molecule has 1 aromatic carbocycles. The number of nitrogens with zero attached hydrogens (tertiary/aromatic N) is 4. The van der Waals surface area contributed by atoms with E-state index in [0.717, 1.165) is 31.4 Å². The molecule has 1 aliphatic heterocycles. The molecular weight excluding hydrogens is 418 g/mol. The Morgan fingerprint density at radius 3 is 2.70 bits per heavy atom. The molecule has 2 atom stereocenters. The number of benzene rings is 1. The molecule has 4 N–H and O–H groups in total. The molecule has 9 nitrogen and oxygen atoms in total. The first kappa shape index (κ1) is 22.7. The summed E-state index contributed by atoms with van der Waals surface area (Å²) < 4.78 is 0. The number of aromatic nitrogens is 3. The fraction of sp³-hybridized carbons (Fsp3) is 0.417. The number of carbonyl (C=O) groups is 2. The van der Waals surface area contributed by atoms with Gasteiger partial charge in [0.1, 0.15) is 5.82 Å². The van der Waals surface area contributed by atoms with Gasteiger partial charge in [0.05, 0.1) is 35.0 Å². The van der Waals surface area contributed by atoms with Gasteiger partial charge in [-0.15, -0.1) is 0 Å². The summed E-state index contributed by atoms with van der Waals surface area (Å²) in [5.41, 5.74) is 9.09. The van der Waals surface area contributed by atoms with Crippen LogP contribution in [0.4, 0.5) is 11.5 Å². The number of nitrogens with two attached hydrogens (primary N) is 1. The third kappa shape index (κ3) is 4.98. The molecule has 174 valence electrons. The fourth-order valence-corrected chi connectivity index (χ4v) is 4.34. The molecule has 2 aromatic heterocycles. The average molecular weight is 450 g/mol. The summed E-state index contributed by atoms with van der Waals surface area (Å²) in [4.78, 5) is 34.1. The predicted molar refractivity (Wildman–Crippen MR) is 128 cm³/mol. The summed E-state index contributed by atoms with van der Waals surface area (Å²) in [5.74, 6) is -0.608. The van der Waals surface area contributed by atoms with Crippen molar-refractivity contribution in [2.45, 2.75) is 32.2 Å². The van der Waals surface area contributed by atoms with Gasteiger partial charge < -0.3 is 20.9 Å². The van der Waals surface area contributed by atoms with Gasteiger partial charge >= 0.3 is 11.8 Å². The molecule has 3 aromatic rings. The zero-order chi connectivity index (χ0) is 23.5. The van der Waals surface area contributed by atoms with E-state index in [9.17, 15) is 9.59 Å². The van der Waals surface area contributed by atoms with Crippen LogP contribution >= 0.6 is 0 Å². The number of H-pyrrole nitrogens is 1. The van der Waals surface area contributed by atoms with Gasteiger partial charge in [-0.1, -0.05) is 31.2 Å². The molecule has 33 heavy (non-hydrogen) atoms. The minimum Gasteiger partial charge on any atom is -0.383 e. The van der Waals surface area contributed by atoms with Crippen LogP contribution in [0.5, 0.6) is 0 Å². The maximum atomic E-state index is 13.3. The number of piperidine rings is 1. The van der Waals surface area contributed by atoms with Gasteiger partial charge in [0.2, 0.25) is 0 Å². The molecule has 0 bridgehead atoms. The van der Waals surface area contributed by atoms with Gasteiger partial charge in [0.15, 0.2) is 0 Å². The third-order valence-electron chi connectivity index (χ3n) is 6.25. The van der Waals surface area contributed by atoms with Crippen molar-refractivity contribution in [1.29, 1.82) is 0 Å². The van der Waals surface area contributed by atoms with E-state index in [2.05, 4.69) is 70.7 Å². The van der Waals surface area contributed by atoms with Gasteiger partial charge in [0.25, 0.3) is 0 Å². The van der Waals surface area contributed by atoms with Crippen molar-refractivity contribution in [3.8, 4) is 0 Å². The molecule has 2 unspecified atom stereocenters. The Hall–Kier alpha value is -3.46. The molecule has 1 aliphatic rings. The number of fused-ring (bicyclic) bond motifs is 1. The SMILES string of the molecule is CC1CCC(c2ccc(CCN(C)C)cc2)N(C(=O)C(=O)Nc2cnc(N)c3cn[nH]c23)C1. The highest BCUT2D eigenvalue weighted by atomic mass is 16.2. The summed E-state index contributed by atoms with van der Waals surface area (Å²) in [6.45, 7) is 3.63. The zero-order valence-electron chi connectivity index (χ0n) is 19.3. The van der Waals surface area contributed by atoms with Crippen LogP contribution in [0.3, 0.4) is 0 Å². The highest BCUT2D eigenvalue weighted by molar-refractivity contribution is 6.40. The first-order chi connectivity index (χ1) is 15.8. The van der Waals surface area contributed by atoms with Crippen molar-refractivity contribution < 1.29 is 9.59 Å². The third-order valence-corrected chi connectivity index (χ3v) is 6.25. The minimum absolute atomic E-state index is 0.126. The smallest absolute Gasteiger partial charge is 0.314 e. The van der Waals surface area contributed by atoms with Crippen molar-refractivity contribution >= 4 is 34.2 Å². The lowest BCUT2D eigenvalue weighted by Crippen LogP contribution is -2.46. The highest BCUT2D eigenvalue weighted by Crippen LogP contribution is 2.34. The predicted octanol–water partition coefficient (Wildman–Crippen LogP) is 2.58. The van der Waals surface area contributed by atoms with Crippen LogP contribution in [0.15, 0.2) is 36.7 Å². The molecule has 9 heteroatoms. The lowest BCUT2D eigenvalue weighted by atomic mass is 9.89.